The van der Waals surface area contributed by atoms with Gasteiger partial charge >= 0.3 is 0 Å². The summed E-state index contributed by atoms with van der Waals surface area (Å²) in [4.78, 5) is 34.9. The Morgan fingerprint density at radius 2 is 1.68 bits per heavy atom. The third-order valence-electron chi connectivity index (χ3n) is 3.05. The van der Waals surface area contributed by atoms with Gasteiger partial charge in [-0.2, -0.15) is 0 Å². The molecule has 25 heavy (non-hydrogen) atoms. The minimum Gasteiger partial charge on any atom is -0.325 e. The van der Waals surface area contributed by atoms with Gasteiger partial charge in [-0.3, -0.25) is 25.2 Å². The number of unbranched alkanes of at least 4 members (excludes halogenated alkanes) is 1. The molecule has 3 amide bonds. The molecule has 7 nitrogen and oxygen atoms in total. The van der Waals surface area contributed by atoms with E-state index in [2.05, 4.69) is 21.5 Å². The lowest BCUT2D eigenvalue weighted by Gasteiger charge is -2.11. The highest BCUT2D eigenvalue weighted by Gasteiger charge is 2.09. The predicted octanol–water partition coefficient (Wildman–Crippen LogP) is 2.27. The third-order valence-corrected chi connectivity index (χ3v) is 3.59. The monoisotopic (exact) mass is 384 g/mol. The molecular formula is C16H21ClN4O3S. The van der Waals surface area contributed by atoms with Gasteiger partial charge in [0.05, 0.1) is 10.7 Å². The number of thiocarbonyl (C=S) groups is 1. The molecule has 0 radical (unpaired) electrons. The fraction of sp³-hybridized carbons (Fsp3) is 0.375. The molecule has 0 saturated carbocycles. The standard InChI is InChI=1S/C16H21ClN4O3S/c1-2-3-8-13(22)19-16(25)21-20-15(24)10-9-14(23)18-12-7-5-4-6-11(12)17/h4-7H,2-3,8-10H2,1H3,(H,18,23)(H,20,24)(H2,19,21,22,25). The number of anilines is 1. The number of nitrogens with one attached hydrogen (secondary N) is 4. The van der Waals surface area contributed by atoms with Crippen LogP contribution in [0.3, 0.4) is 0 Å². The molecule has 4 N–H and O–H groups in total. The Morgan fingerprint density at radius 1 is 1.00 bits per heavy atom. The Hall–Kier alpha value is -2.19. The average molecular weight is 385 g/mol. The first-order valence-corrected chi connectivity index (χ1v) is 8.64. The molecule has 0 saturated heterocycles. The van der Waals surface area contributed by atoms with E-state index >= 15 is 0 Å². The quantitative estimate of drug-likeness (QED) is 0.427. The number of halogens is 1. The first kappa shape index (κ1) is 20.9. The molecule has 1 aromatic rings. The Kier molecular flexibility index (Phi) is 9.49. The molecule has 1 aromatic carbocycles. The van der Waals surface area contributed by atoms with E-state index in [9.17, 15) is 14.4 Å². The first-order chi connectivity index (χ1) is 11.9. The minimum absolute atomic E-state index is 0.00923. The number of rotatable bonds is 7. The topological polar surface area (TPSA) is 99.3 Å². The third kappa shape index (κ3) is 9.02. The largest absolute Gasteiger partial charge is 0.325 e. The van der Waals surface area contributed by atoms with Gasteiger partial charge in [0.2, 0.25) is 17.7 Å². The van der Waals surface area contributed by atoms with E-state index in [-0.39, 0.29) is 29.8 Å². The van der Waals surface area contributed by atoms with Crippen LogP contribution >= 0.6 is 23.8 Å². The Balaban J connectivity index is 2.24. The van der Waals surface area contributed by atoms with Crippen LogP contribution in [-0.4, -0.2) is 22.8 Å². The molecule has 0 fully saturated rings. The minimum atomic E-state index is -0.431. The number of hydrazine groups is 1. The van der Waals surface area contributed by atoms with Gasteiger partial charge in [0.15, 0.2) is 5.11 Å². The maximum atomic E-state index is 11.8. The van der Waals surface area contributed by atoms with Crippen molar-refractivity contribution in [2.45, 2.75) is 39.0 Å². The van der Waals surface area contributed by atoms with E-state index in [4.69, 9.17) is 23.8 Å². The summed E-state index contributed by atoms with van der Waals surface area (Å²) < 4.78 is 0. The fourth-order valence-electron chi connectivity index (χ4n) is 1.75. The van der Waals surface area contributed by atoms with Crippen LogP contribution in [0.15, 0.2) is 24.3 Å². The van der Waals surface area contributed by atoms with Gasteiger partial charge in [0.1, 0.15) is 0 Å². The molecule has 0 aliphatic carbocycles. The molecule has 0 aliphatic heterocycles. The van der Waals surface area contributed by atoms with Crippen molar-refractivity contribution in [2.75, 3.05) is 5.32 Å². The SMILES string of the molecule is CCCCC(=O)NC(=S)NNC(=O)CCC(=O)Nc1ccccc1Cl. The summed E-state index contributed by atoms with van der Waals surface area (Å²) in [6.45, 7) is 1.98. The molecule has 9 heteroatoms. The van der Waals surface area contributed by atoms with E-state index in [1.807, 2.05) is 6.92 Å². The van der Waals surface area contributed by atoms with Gasteiger partial charge in [0.25, 0.3) is 0 Å². The average Bonchev–Trinajstić information content (AvgIpc) is 2.58. The van der Waals surface area contributed by atoms with E-state index < -0.39 is 5.91 Å². The Labute approximate surface area is 156 Å². The van der Waals surface area contributed by atoms with Crippen LogP contribution < -0.4 is 21.5 Å². The van der Waals surface area contributed by atoms with Crippen molar-refractivity contribution in [2.24, 2.45) is 0 Å². The second-order valence-corrected chi connectivity index (χ2v) is 6.00. The maximum Gasteiger partial charge on any atom is 0.238 e. The molecule has 1 rings (SSSR count). The normalized spacial score (nSPS) is 9.84. The van der Waals surface area contributed by atoms with Crippen molar-refractivity contribution in [1.29, 1.82) is 0 Å². The smallest absolute Gasteiger partial charge is 0.238 e. The van der Waals surface area contributed by atoms with E-state index in [1.165, 1.54) is 0 Å². The Morgan fingerprint density at radius 3 is 2.36 bits per heavy atom. The summed E-state index contributed by atoms with van der Waals surface area (Å²) in [5.41, 5.74) is 5.23. The lowest BCUT2D eigenvalue weighted by atomic mass is 10.2. The molecule has 0 aliphatic rings. The zero-order chi connectivity index (χ0) is 18.7. The highest BCUT2D eigenvalue weighted by Crippen LogP contribution is 2.20. The number of para-hydroxylation sites is 1. The first-order valence-electron chi connectivity index (χ1n) is 7.85. The summed E-state index contributed by atoms with van der Waals surface area (Å²) >= 11 is 10.8. The summed E-state index contributed by atoms with van der Waals surface area (Å²) in [6, 6.07) is 6.82. The van der Waals surface area contributed by atoms with Gasteiger partial charge in [0, 0.05) is 19.3 Å². The Bertz CT molecular complexity index is 640. The van der Waals surface area contributed by atoms with E-state index in [1.54, 1.807) is 24.3 Å². The number of hydrogen-bond acceptors (Lipinski definition) is 4. The van der Waals surface area contributed by atoms with Crippen LogP contribution in [0.25, 0.3) is 0 Å². The number of carbonyl (C=O) groups is 3. The van der Waals surface area contributed by atoms with Crippen LogP contribution in [0.1, 0.15) is 39.0 Å². The number of hydrogen-bond donors (Lipinski definition) is 4. The molecule has 136 valence electrons. The second-order valence-electron chi connectivity index (χ2n) is 5.18. The van der Waals surface area contributed by atoms with Crippen LogP contribution in [0.2, 0.25) is 5.02 Å². The lowest BCUT2D eigenvalue weighted by Crippen LogP contribution is -2.48. The second kappa shape index (κ2) is 11.4. The van der Waals surface area contributed by atoms with Gasteiger partial charge in [-0.1, -0.05) is 37.1 Å². The van der Waals surface area contributed by atoms with Crippen molar-refractivity contribution in [3.8, 4) is 0 Å². The maximum absolute atomic E-state index is 11.8. The van der Waals surface area contributed by atoms with Crippen LogP contribution in [0.5, 0.6) is 0 Å². The van der Waals surface area contributed by atoms with Crippen molar-refractivity contribution in [3.63, 3.8) is 0 Å². The van der Waals surface area contributed by atoms with Crippen molar-refractivity contribution in [1.82, 2.24) is 16.2 Å². The summed E-state index contributed by atoms with van der Waals surface area (Å²) in [7, 11) is 0. The summed E-state index contributed by atoms with van der Waals surface area (Å²) in [6.07, 6.45) is 1.97. The zero-order valence-corrected chi connectivity index (χ0v) is 15.4. The lowest BCUT2D eigenvalue weighted by molar-refractivity contribution is -0.124. The molecular weight excluding hydrogens is 364 g/mol. The molecule has 0 bridgehead atoms. The molecule has 0 heterocycles. The number of amides is 3. The highest BCUT2D eigenvalue weighted by molar-refractivity contribution is 7.80. The van der Waals surface area contributed by atoms with Crippen molar-refractivity contribution >= 4 is 52.3 Å². The molecule has 0 unspecified atom stereocenters. The van der Waals surface area contributed by atoms with Gasteiger partial charge in [-0.15, -0.1) is 0 Å². The van der Waals surface area contributed by atoms with E-state index in [0.29, 0.717) is 17.1 Å². The van der Waals surface area contributed by atoms with Crippen molar-refractivity contribution in [3.05, 3.63) is 29.3 Å². The summed E-state index contributed by atoms with van der Waals surface area (Å²) in [5, 5.41) is 5.50. The fourth-order valence-corrected chi connectivity index (χ4v) is 2.10. The number of benzene rings is 1. The van der Waals surface area contributed by atoms with Crippen LogP contribution in [0.4, 0.5) is 5.69 Å². The zero-order valence-electron chi connectivity index (χ0n) is 13.9. The molecule has 0 spiro atoms. The number of carbonyl (C=O) groups excluding carboxylic acids is 3. The van der Waals surface area contributed by atoms with Gasteiger partial charge in [-0.05, 0) is 30.8 Å². The highest BCUT2D eigenvalue weighted by atomic mass is 35.5. The molecule has 0 atom stereocenters. The van der Waals surface area contributed by atoms with Gasteiger partial charge in [-0.25, -0.2) is 0 Å². The van der Waals surface area contributed by atoms with Crippen LogP contribution in [-0.2, 0) is 14.4 Å². The van der Waals surface area contributed by atoms with E-state index in [0.717, 1.165) is 12.8 Å². The van der Waals surface area contributed by atoms with Gasteiger partial charge < -0.3 is 10.6 Å². The van der Waals surface area contributed by atoms with Crippen LogP contribution in [0, 0.1) is 0 Å². The predicted molar refractivity (Wildman–Crippen MR) is 101 cm³/mol. The summed E-state index contributed by atoms with van der Waals surface area (Å²) in [5.74, 6) is -0.981. The molecule has 0 aromatic heterocycles. The van der Waals surface area contributed by atoms with Crippen molar-refractivity contribution < 1.29 is 14.4 Å².